The maximum absolute atomic E-state index is 10.3. The van der Waals surface area contributed by atoms with Crippen LogP contribution in [0, 0.1) is 0 Å². The van der Waals surface area contributed by atoms with Crippen LogP contribution in [0.25, 0.3) is 0 Å². The van der Waals surface area contributed by atoms with Gasteiger partial charge in [-0.2, -0.15) is 0 Å². The zero-order valence-corrected chi connectivity index (χ0v) is 9.20. The van der Waals surface area contributed by atoms with E-state index in [-0.39, 0.29) is 6.42 Å². The third kappa shape index (κ3) is 4.37. The van der Waals surface area contributed by atoms with Crippen molar-refractivity contribution in [1.29, 1.82) is 0 Å². The van der Waals surface area contributed by atoms with Crippen molar-refractivity contribution in [3.63, 3.8) is 0 Å². The molecule has 0 aromatic carbocycles. The molecule has 0 aliphatic rings. The summed E-state index contributed by atoms with van der Waals surface area (Å²) in [4.78, 5) is 10.3. The second-order valence-corrected chi connectivity index (χ2v) is 5.39. The van der Waals surface area contributed by atoms with E-state index in [1.54, 1.807) is 0 Å². The molecular weight excluding hydrogens is 192 g/mol. The fourth-order valence-electron chi connectivity index (χ4n) is 0.957. The highest BCUT2D eigenvalue weighted by molar-refractivity contribution is 6.60. The Labute approximate surface area is 79.0 Å². The number of carboxylic acids is 1. The molecule has 0 heterocycles. The Bertz CT molecular complexity index is 157. The average molecular weight is 208 g/mol. The van der Waals surface area contributed by atoms with Crippen LogP contribution in [0.3, 0.4) is 0 Å². The standard InChI is InChI=1S/C7H16O5Si/c1-4-12-13(10-2,11-3)6-5-7(8)9/h4-6H2,1-3H3,(H,8,9). The lowest BCUT2D eigenvalue weighted by molar-refractivity contribution is -0.136. The Morgan fingerprint density at radius 1 is 1.38 bits per heavy atom. The molecule has 0 saturated carbocycles. The molecule has 0 fully saturated rings. The van der Waals surface area contributed by atoms with Gasteiger partial charge >= 0.3 is 14.8 Å². The number of carboxylic acid groups (broad SMARTS) is 1. The van der Waals surface area contributed by atoms with Gasteiger partial charge in [-0.15, -0.1) is 0 Å². The number of carbonyl (C=O) groups is 1. The second-order valence-electron chi connectivity index (χ2n) is 2.42. The summed E-state index contributed by atoms with van der Waals surface area (Å²) >= 11 is 0. The van der Waals surface area contributed by atoms with E-state index in [1.807, 2.05) is 6.92 Å². The van der Waals surface area contributed by atoms with Gasteiger partial charge in [0.1, 0.15) is 0 Å². The summed E-state index contributed by atoms with van der Waals surface area (Å²) in [6.45, 7) is 2.29. The van der Waals surface area contributed by atoms with Crippen molar-refractivity contribution in [3.8, 4) is 0 Å². The lowest BCUT2D eigenvalue weighted by atomic mass is 10.5. The highest BCUT2D eigenvalue weighted by atomic mass is 28.4. The van der Waals surface area contributed by atoms with E-state index in [9.17, 15) is 4.79 Å². The third-order valence-electron chi connectivity index (χ3n) is 1.63. The lowest BCUT2D eigenvalue weighted by Gasteiger charge is -2.24. The predicted molar refractivity (Wildman–Crippen MR) is 48.5 cm³/mol. The summed E-state index contributed by atoms with van der Waals surface area (Å²) < 4.78 is 15.5. The molecular formula is C7H16O5Si. The van der Waals surface area contributed by atoms with Gasteiger partial charge in [-0.3, -0.25) is 4.79 Å². The molecule has 78 valence electrons. The number of rotatable bonds is 7. The molecule has 0 saturated heterocycles. The Morgan fingerprint density at radius 2 is 1.92 bits per heavy atom. The van der Waals surface area contributed by atoms with Gasteiger partial charge in [0.2, 0.25) is 0 Å². The van der Waals surface area contributed by atoms with Gasteiger partial charge in [-0.1, -0.05) is 0 Å². The zero-order chi connectivity index (χ0) is 10.3. The van der Waals surface area contributed by atoms with E-state index in [0.29, 0.717) is 12.7 Å². The smallest absolute Gasteiger partial charge is 0.481 e. The number of aliphatic carboxylic acids is 1. The minimum atomic E-state index is -2.69. The van der Waals surface area contributed by atoms with Gasteiger partial charge < -0.3 is 18.4 Å². The predicted octanol–water partition coefficient (Wildman–Crippen LogP) is 0.729. The van der Waals surface area contributed by atoms with Gasteiger partial charge in [-0.05, 0) is 6.92 Å². The fraction of sp³-hybridized carbons (Fsp3) is 0.857. The van der Waals surface area contributed by atoms with Gasteiger partial charge in [0, 0.05) is 33.3 Å². The molecule has 6 heteroatoms. The summed E-state index contributed by atoms with van der Waals surface area (Å²) in [5.74, 6) is -0.870. The van der Waals surface area contributed by atoms with E-state index in [2.05, 4.69) is 0 Å². The Morgan fingerprint density at radius 3 is 2.23 bits per heavy atom. The largest absolute Gasteiger partial charge is 0.500 e. The first-order valence-electron chi connectivity index (χ1n) is 4.06. The van der Waals surface area contributed by atoms with E-state index in [1.165, 1.54) is 14.2 Å². The Hall–Kier alpha value is -0.433. The van der Waals surface area contributed by atoms with Crippen LogP contribution >= 0.6 is 0 Å². The van der Waals surface area contributed by atoms with Gasteiger partial charge in [0.25, 0.3) is 0 Å². The van der Waals surface area contributed by atoms with Crippen molar-refractivity contribution in [2.75, 3.05) is 20.8 Å². The lowest BCUT2D eigenvalue weighted by Crippen LogP contribution is -2.44. The van der Waals surface area contributed by atoms with Crippen molar-refractivity contribution in [1.82, 2.24) is 0 Å². The van der Waals surface area contributed by atoms with Crippen molar-refractivity contribution < 1.29 is 23.2 Å². The molecule has 0 bridgehead atoms. The molecule has 1 N–H and O–H groups in total. The maximum Gasteiger partial charge on any atom is 0.500 e. The molecule has 0 aromatic rings. The highest BCUT2D eigenvalue weighted by Crippen LogP contribution is 2.15. The highest BCUT2D eigenvalue weighted by Gasteiger charge is 2.38. The maximum atomic E-state index is 10.3. The Kier molecular flexibility index (Phi) is 5.88. The SMILES string of the molecule is CCO[Si](CCC(=O)O)(OC)OC. The second kappa shape index (κ2) is 6.09. The first-order valence-corrected chi connectivity index (χ1v) is 5.99. The van der Waals surface area contributed by atoms with Gasteiger partial charge in [-0.25, -0.2) is 0 Å². The van der Waals surface area contributed by atoms with E-state index in [0.717, 1.165) is 0 Å². The third-order valence-corrected chi connectivity index (χ3v) is 4.47. The molecule has 0 rings (SSSR count). The molecule has 0 spiro atoms. The molecule has 0 atom stereocenters. The summed E-state index contributed by atoms with van der Waals surface area (Å²) in [6.07, 6.45) is 0.00784. The van der Waals surface area contributed by atoms with Crippen LogP contribution in [0.1, 0.15) is 13.3 Å². The number of hydrogen-bond acceptors (Lipinski definition) is 4. The van der Waals surface area contributed by atoms with Gasteiger partial charge in [0.15, 0.2) is 0 Å². The quantitative estimate of drug-likeness (QED) is 0.625. The van der Waals surface area contributed by atoms with Gasteiger partial charge in [0.05, 0.1) is 0 Å². The van der Waals surface area contributed by atoms with Crippen LogP contribution < -0.4 is 0 Å². The van der Waals surface area contributed by atoms with Crippen molar-refractivity contribution in [2.45, 2.75) is 19.4 Å². The summed E-state index contributed by atoms with van der Waals surface area (Å²) in [6, 6.07) is 0.309. The summed E-state index contributed by atoms with van der Waals surface area (Å²) in [5, 5.41) is 8.49. The molecule has 5 nitrogen and oxygen atoms in total. The summed E-state index contributed by atoms with van der Waals surface area (Å²) in [5.41, 5.74) is 0. The molecule has 0 unspecified atom stereocenters. The van der Waals surface area contributed by atoms with E-state index >= 15 is 0 Å². The van der Waals surface area contributed by atoms with Crippen molar-refractivity contribution in [3.05, 3.63) is 0 Å². The van der Waals surface area contributed by atoms with Crippen molar-refractivity contribution >= 4 is 14.8 Å². The Balaban J connectivity index is 4.12. The molecule has 0 aliphatic heterocycles. The van der Waals surface area contributed by atoms with Crippen LogP contribution in [0.5, 0.6) is 0 Å². The van der Waals surface area contributed by atoms with E-state index in [4.69, 9.17) is 18.4 Å². The molecule has 0 amide bonds. The first kappa shape index (κ1) is 12.6. The van der Waals surface area contributed by atoms with Crippen LogP contribution in [0.15, 0.2) is 0 Å². The fourth-order valence-corrected chi connectivity index (χ4v) is 2.87. The first-order chi connectivity index (χ1) is 6.10. The van der Waals surface area contributed by atoms with Crippen molar-refractivity contribution in [2.24, 2.45) is 0 Å². The number of hydrogen-bond donors (Lipinski definition) is 1. The van der Waals surface area contributed by atoms with E-state index < -0.39 is 14.8 Å². The molecule has 0 aromatic heterocycles. The molecule has 13 heavy (non-hydrogen) atoms. The normalized spacial score (nSPS) is 11.6. The average Bonchev–Trinajstić information content (AvgIpc) is 2.12. The minimum Gasteiger partial charge on any atom is -0.481 e. The van der Waals surface area contributed by atoms with Crippen LogP contribution in [0.2, 0.25) is 6.04 Å². The molecule has 0 aliphatic carbocycles. The van der Waals surface area contributed by atoms with Crippen LogP contribution in [-0.4, -0.2) is 40.7 Å². The topological polar surface area (TPSA) is 65.0 Å². The van der Waals surface area contributed by atoms with Crippen LogP contribution in [-0.2, 0) is 18.1 Å². The van der Waals surface area contributed by atoms with Crippen LogP contribution in [0.4, 0.5) is 0 Å². The minimum absolute atomic E-state index is 0.00784. The summed E-state index contributed by atoms with van der Waals surface area (Å²) in [7, 11) is 0.272. The zero-order valence-electron chi connectivity index (χ0n) is 8.20. The molecule has 0 radical (unpaired) electrons. The monoisotopic (exact) mass is 208 g/mol.